The van der Waals surface area contributed by atoms with Gasteiger partial charge in [-0.1, -0.05) is 6.07 Å². The Bertz CT molecular complexity index is 524. The van der Waals surface area contributed by atoms with Gasteiger partial charge >= 0.3 is 0 Å². The molecular weight excluding hydrogens is 252 g/mol. The molecule has 0 saturated carbocycles. The van der Waals surface area contributed by atoms with Crippen LogP contribution in [0.5, 0.6) is 0 Å². The van der Waals surface area contributed by atoms with Crippen LogP contribution in [-0.4, -0.2) is 34.8 Å². The number of hydrogen-bond acceptors (Lipinski definition) is 4. The number of aromatic nitrogens is 3. The molecule has 2 rings (SSSR count). The van der Waals surface area contributed by atoms with Gasteiger partial charge in [0.1, 0.15) is 0 Å². The average Bonchev–Trinajstić information content (AvgIpc) is 2.85. The monoisotopic (exact) mass is 274 g/mol. The van der Waals surface area contributed by atoms with Crippen molar-refractivity contribution in [2.75, 3.05) is 25.6 Å². The van der Waals surface area contributed by atoms with Gasteiger partial charge in [-0.25, -0.2) is 4.98 Å². The van der Waals surface area contributed by atoms with E-state index in [1.54, 1.807) is 13.3 Å². The number of aryl methyl sites for hydroxylation is 1. The minimum Gasteiger partial charge on any atom is -0.385 e. The maximum Gasteiger partial charge on any atom is 0.203 e. The fraction of sp³-hybridized carbons (Fsp3) is 0.467. The summed E-state index contributed by atoms with van der Waals surface area (Å²) in [5.74, 6) is 0.898. The molecule has 1 N–H and O–H groups in total. The molecule has 0 saturated heterocycles. The summed E-state index contributed by atoms with van der Waals surface area (Å²) in [7, 11) is 1.72. The molecule has 0 aliphatic heterocycles. The summed E-state index contributed by atoms with van der Waals surface area (Å²) in [4.78, 5) is 8.73. The molecule has 2 aromatic heterocycles. The Morgan fingerprint density at radius 2 is 2.30 bits per heavy atom. The van der Waals surface area contributed by atoms with Crippen molar-refractivity contribution in [2.24, 2.45) is 0 Å². The molecule has 5 heteroatoms. The zero-order chi connectivity index (χ0) is 14.4. The summed E-state index contributed by atoms with van der Waals surface area (Å²) in [6, 6.07) is 4.25. The molecule has 0 aliphatic carbocycles. The molecule has 0 fully saturated rings. The van der Waals surface area contributed by atoms with E-state index in [0.717, 1.165) is 31.2 Å². The molecule has 2 heterocycles. The van der Waals surface area contributed by atoms with Gasteiger partial charge in [-0.2, -0.15) is 0 Å². The van der Waals surface area contributed by atoms with E-state index in [4.69, 9.17) is 4.74 Å². The lowest BCUT2D eigenvalue weighted by molar-refractivity contribution is 0.197. The van der Waals surface area contributed by atoms with E-state index in [0.29, 0.717) is 0 Å². The van der Waals surface area contributed by atoms with E-state index >= 15 is 0 Å². The normalized spacial score (nSPS) is 12.3. The van der Waals surface area contributed by atoms with Crippen molar-refractivity contribution in [1.29, 1.82) is 0 Å². The standard InChI is InChI=1S/C15H22N4O/c1-12-11-19(13(2)14-6-4-7-16-10-14)15(18-12)17-8-5-9-20-3/h4,6-7,10-11,13H,5,8-9H2,1-3H3,(H,17,18). The van der Waals surface area contributed by atoms with E-state index in [1.807, 2.05) is 19.2 Å². The Hall–Kier alpha value is -1.88. The Morgan fingerprint density at radius 1 is 1.45 bits per heavy atom. The highest BCUT2D eigenvalue weighted by molar-refractivity contribution is 5.32. The molecule has 1 unspecified atom stereocenters. The van der Waals surface area contributed by atoms with E-state index in [9.17, 15) is 0 Å². The largest absolute Gasteiger partial charge is 0.385 e. The van der Waals surface area contributed by atoms with Crippen LogP contribution in [-0.2, 0) is 4.74 Å². The maximum absolute atomic E-state index is 5.06. The number of nitrogens with one attached hydrogen (secondary N) is 1. The first-order valence-corrected chi connectivity index (χ1v) is 6.90. The summed E-state index contributed by atoms with van der Waals surface area (Å²) in [5, 5.41) is 3.37. The first kappa shape index (κ1) is 14.5. The van der Waals surface area contributed by atoms with E-state index in [2.05, 4.69) is 39.0 Å². The predicted molar refractivity (Wildman–Crippen MR) is 80.0 cm³/mol. The van der Waals surface area contributed by atoms with Crippen molar-refractivity contribution in [3.63, 3.8) is 0 Å². The van der Waals surface area contributed by atoms with Crippen LogP contribution in [0.3, 0.4) is 0 Å². The Balaban J connectivity index is 2.11. The van der Waals surface area contributed by atoms with Crippen LogP contribution in [0.1, 0.15) is 30.6 Å². The summed E-state index contributed by atoms with van der Waals surface area (Å²) < 4.78 is 7.21. The third-order valence-electron chi connectivity index (χ3n) is 3.25. The zero-order valence-corrected chi connectivity index (χ0v) is 12.3. The summed E-state index contributed by atoms with van der Waals surface area (Å²) in [6.45, 7) is 5.76. The van der Waals surface area contributed by atoms with Crippen molar-refractivity contribution in [2.45, 2.75) is 26.3 Å². The topological polar surface area (TPSA) is 52.0 Å². The molecule has 0 amide bonds. The Kier molecular flexibility index (Phi) is 5.12. The number of methoxy groups -OCH3 is 1. The second-order valence-electron chi connectivity index (χ2n) is 4.85. The van der Waals surface area contributed by atoms with Crippen molar-refractivity contribution < 1.29 is 4.74 Å². The minimum absolute atomic E-state index is 0.204. The van der Waals surface area contributed by atoms with Gasteiger partial charge in [0.25, 0.3) is 0 Å². The highest BCUT2D eigenvalue weighted by Gasteiger charge is 2.13. The smallest absolute Gasteiger partial charge is 0.203 e. The number of hydrogen-bond donors (Lipinski definition) is 1. The number of imidazole rings is 1. The highest BCUT2D eigenvalue weighted by Crippen LogP contribution is 2.22. The van der Waals surface area contributed by atoms with Crippen molar-refractivity contribution >= 4 is 5.95 Å². The molecule has 108 valence electrons. The first-order chi connectivity index (χ1) is 9.72. The predicted octanol–water partition coefficient (Wildman–Crippen LogP) is 2.64. The second kappa shape index (κ2) is 7.05. The van der Waals surface area contributed by atoms with Gasteiger partial charge in [0.2, 0.25) is 5.95 Å². The number of anilines is 1. The molecule has 2 aromatic rings. The highest BCUT2D eigenvalue weighted by atomic mass is 16.5. The van der Waals surface area contributed by atoms with Gasteiger partial charge in [-0.05, 0) is 31.9 Å². The number of pyridine rings is 1. The van der Waals surface area contributed by atoms with E-state index < -0.39 is 0 Å². The quantitative estimate of drug-likeness (QED) is 0.789. The Labute approximate surface area is 120 Å². The van der Waals surface area contributed by atoms with E-state index in [1.165, 1.54) is 5.56 Å². The van der Waals surface area contributed by atoms with Gasteiger partial charge < -0.3 is 14.6 Å². The molecule has 0 radical (unpaired) electrons. The lowest BCUT2D eigenvalue weighted by atomic mass is 10.1. The molecular formula is C15H22N4O. The van der Waals surface area contributed by atoms with Gasteiger partial charge in [0.15, 0.2) is 0 Å². The van der Waals surface area contributed by atoms with Crippen molar-refractivity contribution in [3.05, 3.63) is 42.0 Å². The third kappa shape index (κ3) is 3.57. The summed E-state index contributed by atoms with van der Waals surface area (Å²) in [6.07, 6.45) is 6.72. The van der Waals surface area contributed by atoms with Crippen LogP contribution in [0.4, 0.5) is 5.95 Å². The molecule has 1 atom stereocenters. The third-order valence-corrected chi connectivity index (χ3v) is 3.25. The van der Waals surface area contributed by atoms with Crippen LogP contribution in [0, 0.1) is 6.92 Å². The summed E-state index contributed by atoms with van der Waals surface area (Å²) >= 11 is 0. The maximum atomic E-state index is 5.06. The van der Waals surface area contributed by atoms with Crippen LogP contribution in [0.15, 0.2) is 30.7 Å². The van der Waals surface area contributed by atoms with Crippen molar-refractivity contribution in [3.8, 4) is 0 Å². The first-order valence-electron chi connectivity index (χ1n) is 6.90. The van der Waals surface area contributed by atoms with Gasteiger partial charge in [0, 0.05) is 38.9 Å². The second-order valence-corrected chi connectivity index (χ2v) is 4.85. The molecule has 20 heavy (non-hydrogen) atoms. The lowest BCUT2D eigenvalue weighted by Gasteiger charge is -2.17. The molecule has 5 nitrogen and oxygen atoms in total. The molecule has 0 aliphatic rings. The molecule has 0 spiro atoms. The number of ether oxygens (including phenoxy) is 1. The van der Waals surface area contributed by atoms with Gasteiger partial charge in [-0.3, -0.25) is 4.98 Å². The summed E-state index contributed by atoms with van der Waals surface area (Å²) in [5.41, 5.74) is 2.18. The fourth-order valence-corrected chi connectivity index (χ4v) is 2.14. The number of rotatable bonds is 7. The van der Waals surface area contributed by atoms with Gasteiger partial charge in [-0.15, -0.1) is 0 Å². The van der Waals surface area contributed by atoms with Crippen LogP contribution >= 0.6 is 0 Å². The average molecular weight is 274 g/mol. The Morgan fingerprint density at radius 3 is 3.00 bits per heavy atom. The lowest BCUT2D eigenvalue weighted by Crippen LogP contribution is -2.13. The molecule has 0 bridgehead atoms. The molecule has 0 aromatic carbocycles. The van der Waals surface area contributed by atoms with Crippen LogP contribution < -0.4 is 5.32 Å². The SMILES string of the molecule is COCCCNc1nc(C)cn1C(C)c1cccnc1. The van der Waals surface area contributed by atoms with Gasteiger partial charge in [0.05, 0.1) is 11.7 Å². The van der Waals surface area contributed by atoms with E-state index in [-0.39, 0.29) is 6.04 Å². The minimum atomic E-state index is 0.204. The van der Waals surface area contributed by atoms with Crippen LogP contribution in [0.25, 0.3) is 0 Å². The van der Waals surface area contributed by atoms with Crippen molar-refractivity contribution in [1.82, 2.24) is 14.5 Å². The van der Waals surface area contributed by atoms with Crippen LogP contribution in [0.2, 0.25) is 0 Å². The zero-order valence-electron chi connectivity index (χ0n) is 12.3. The fourth-order valence-electron chi connectivity index (χ4n) is 2.14. The number of nitrogens with zero attached hydrogens (tertiary/aromatic N) is 3.